The predicted molar refractivity (Wildman–Crippen MR) is 65.7 cm³/mol. The van der Waals surface area contributed by atoms with Crippen LogP contribution in [0.1, 0.15) is 11.1 Å². The number of rotatable bonds is 6. The third kappa shape index (κ3) is 4.10. The topological polar surface area (TPSA) is 30.5 Å². The quantitative estimate of drug-likeness (QED) is 0.778. The Morgan fingerprint density at radius 2 is 2.00 bits per heavy atom. The van der Waals surface area contributed by atoms with Crippen LogP contribution in [0.5, 0.6) is 0 Å². The Kier molecular flexibility index (Phi) is 5.77. The van der Waals surface area contributed by atoms with Gasteiger partial charge in [0, 0.05) is 32.3 Å². The Morgan fingerprint density at radius 1 is 1.31 bits per heavy atom. The first-order valence-electron chi connectivity index (χ1n) is 5.18. The summed E-state index contributed by atoms with van der Waals surface area (Å²) in [5.74, 6) is 0. The van der Waals surface area contributed by atoms with E-state index in [2.05, 4.69) is 5.32 Å². The maximum atomic E-state index is 5.89. The fraction of sp³-hybridized carbons (Fsp3) is 0.500. The maximum absolute atomic E-state index is 5.89. The molecule has 0 aliphatic rings. The van der Waals surface area contributed by atoms with Gasteiger partial charge in [-0.25, -0.2) is 0 Å². The molecule has 0 saturated carbocycles. The number of hydrogen-bond donors (Lipinski definition) is 1. The lowest BCUT2D eigenvalue weighted by Gasteiger charge is -2.14. The van der Waals surface area contributed by atoms with E-state index < -0.39 is 0 Å². The van der Waals surface area contributed by atoms with E-state index in [1.54, 1.807) is 14.2 Å². The van der Waals surface area contributed by atoms with Crippen molar-refractivity contribution >= 4 is 11.6 Å². The normalized spacial score (nSPS) is 11.1. The van der Waals surface area contributed by atoms with Crippen molar-refractivity contribution in [3.8, 4) is 0 Å². The van der Waals surface area contributed by atoms with E-state index in [-0.39, 0.29) is 6.29 Å². The molecule has 90 valence electrons. The first kappa shape index (κ1) is 13.5. The zero-order valence-electron chi connectivity index (χ0n) is 9.92. The molecule has 0 spiro atoms. The summed E-state index contributed by atoms with van der Waals surface area (Å²) >= 11 is 5.89. The van der Waals surface area contributed by atoms with Gasteiger partial charge in [0.25, 0.3) is 0 Å². The molecule has 0 radical (unpaired) electrons. The van der Waals surface area contributed by atoms with Gasteiger partial charge >= 0.3 is 0 Å². The SMILES string of the molecule is COC(CNCc1ccc(Cl)cc1C)OC. The average Bonchev–Trinajstić information content (AvgIpc) is 2.27. The summed E-state index contributed by atoms with van der Waals surface area (Å²) in [5, 5.41) is 4.04. The van der Waals surface area contributed by atoms with Gasteiger partial charge in [-0.15, -0.1) is 0 Å². The van der Waals surface area contributed by atoms with Gasteiger partial charge in [-0.2, -0.15) is 0 Å². The number of benzene rings is 1. The minimum Gasteiger partial charge on any atom is -0.355 e. The smallest absolute Gasteiger partial charge is 0.169 e. The Labute approximate surface area is 102 Å². The highest BCUT2D eigenvalue weighted by molar-refractivity contribution is 6.30. The standard InChI is InChI=1S/C12H18ClNO2/c1-9-6-11(13)5-4-10(9)7-14-8-12(15-2)16-3/h4-6,12,14H,7-8H2,1-3H3. The highest BCUT2D eigenvalue weighted by Crippen LogP contribution is 2.14. The van der Waals surface area contributed by atoms with Crippen LogP contribution in [0.4, 0.5) is 0 Å². The summed E-state index contributed by atoms with van der Waals surface area (Å²) < 4.78 is 10.2. The molecular formula is C12H18ClNO2. The van der Waals surface area contributed by atoms with Crippen LogP contribution in [0.2, 0.25) is 5.02 Å². The molecule has 0 aliphatic heterocycles. The molecule has 0 aromatic heterocycles. The van der Waals surface area contributed by atoms with Crippen LogP contribution in [-0.2, 0) is 16.0 Å². The molecule has 0 amide bonds. The Balaban J connectivity index is 2.42. The zero-order valence-corrected chi connectivity index (χ0v) is 10.7. The van der Waals surface area contributed by atoms with E-state index in [9.17, 15) is 0 Å². The summed E-state index contributed by atoms with van der Waals surface area (Å²) in [5.41, 5.74) is 2.42. The van der Waals surface area contributed by atoms with E-state index in [1.165, 1.54) is 11.1 Å². The second kappa shape index (κ2) is 6.86. The summed E-state index contributed by atoms with van der Waals surface area (Å²) in [6.07, 6.45) is -0.201. The summed E-state index contributed by atoms with van der Waals surface area (Å²) in [6.45, 7) is 3.49. The first-order chi connectivity index (χ1) is 7.67. The third-order valence-corrected chi connectivity index (χ3v) is 2.69. The first-order valence-corrected chi connectivity index (χ1v) is 5.56. The molecule has 0 saturated heterocycles. The molecule has 1 aromatic rings. The van der Waals surface area contributed by atoms with Crippen molar-refractivity contribution in [1.29, 1.82) is 0 Å². The zero-order chi connectivity index (χ0) is 12.0. The predicted octanol–water partition coefficient (Wildman–Crippen LogP) is 2.36. The van der Waals surface area contributed by atoms with Crippen molar-refractivity contribution in [3.05, 3.63) is 34.3 Å². The Hall–Kier alpha value is -0.610. The van der Waals surface area contributed by atoms with Gasteiger partial charge in [0.15, 0.2) is 6.29 Å². The molecule has 0 bridgehead atoms. The molecule has 0 atom stereocenters. The lowest BCUT2D eigenvalue weighted by molar-refractivity contribution is -0.0989. The van der Waals surface area contributed by atoms with E-state index in [1.807, 2.05) is 25.1 Å². The fourth-order valence-corrected chi connectivity index (χ4v) is 1.67. The molecule has 4 heteroatoms. The van der Waals surface area contributed by atoms with E-state index in [0.717, 1.165) is 11.6 Å². The highest BCUT2D eigenvalue weighted by Gasteiger charge is 2.04. The van der Waals surface area contributed by atoms with Crippen LogP contribution in [0.3, 0.4) is 0 Å². The lowest BCUT2D eigenvalue weighted by Crippen LogP contribution is -2.29. The van der Waals surface area contributed by atoms with Crippen LogP contribution in [0.25, 0.3) is 0 Å². The number of ether oxygens (including phenoxy) is 2. The molecule has 16 heavy (non-hydrogen) atoms. The Morgan fingerprint density at radius 3 is 2.56 bits per heavy atom. The van der Waals surface area contributed by atoms with Crippen LogP contribution >= 0.6 is 11.6 Å². The van der Waals surface area contributed by atoms with Gasteiger partial charge < -0.3 is 14.8 Å². The van der Waals surface area contributed by atoms with Crippen LogP contribution in [-0.4, -0.2) is 27.1 Å². The van der Waals surface area contributed by atoms with Gasteiger partial charge in [-0.3, -0.25) is 0 Å². The monoisotopic (exact) mass is 243 g/mol. The molecule has 1 N–H and O–H groups in total. The summed E-state index contributed by atoms with van der Waals surface area (Å²) in [6, 6.07) is 5.89. The van der Waals surface area contributed by atoms with Crippen molar-refractivity contribution in [3.63, 3.8) is 0 Å². The molecule has 0 heterocycles. The van der Waals surface area contributed by atoms with Crippen molar-refractivity contribution in [2.24, 2.45) is 0 Å². The number of hydrogen-bond acceptors (Lipinski definition) is 3. The molecule has 1 aromatic carbocycles. The second-order valence-electron chi connectivity index (χ2n) is 3.60. The maximum Gasteiger partial charge on any atom is 0.169 e. The molecule has 3 nitrogen and oxygen atoms in total. The molecule has 0 fully saturated rings. The van der Waals surface area contributed by atoms with E-state index in [4.69, 9.17) is 21.1 Å². The highest BCUT2D eigenvalue weighted by atomic mass is 35.5. The minimum absolute atomic E-state index is 0.201. The molecule has 0 aliphatic carbocycles. The van der Waals surface area contributed by atoms with Crippen LogP contribution in [0.15, 0.2) is 18.2 Å². The Bertz CT molecular complexity index is 327. The number of halogens is 1. The molecular weight excluding hydrogens is 226 g/mol. The van der Waals surface area contributed by atoms with Crippen LogP contribution < -0.4 is 5.32 Å². The number of methoxy groups -OCH3 is 2. The largest absolute Gasteiger partial charge is 0.355 e. The van der Waals surface area contributed by atoms with Gasteiger partial charge in [0.2, 0.25) is 0 Å². The van der Waals surface area contributed by atoms with Crippen molar-refractivity contribution in [2.75, 3.05) is 20.8 Å². The molecule has 0 unspecified atom stereocenters. The van der Waals surface area contributed by atoms with Gasteiger partial charge in [0.05, 0.1) is 0 Å². The van der Waals surface area contributed by atoms with Gasteiger partial charge in [0.1, 0.15) is 0 Å². The van der Waals surface area contributed by atoms with Gasteiger partial charge in [-0.05, 0) is 30.2 Å². The minimum atomic E-state index is -0.201. The van der Waals surface area contributed by atoms with Gasteiger partial charge in [-0.1, -0.05) is 17.7 Å². The summed E-state index contributed by atoms with van der Waals surface area (Å²) in [4.78, 5) is 0. The van der Waals surface area contributed by atoms with Crippen molar-refractivity contribution in [1.82, 2.24) is 5.32 Å². The average molecular weight is 244 g/mol. The van der Waals surface area contributed by atoms with E-state index in [0.29, 0.717) is 6.54 Å². The lowest BCUT2D eigenvalue weighted by atomic mass is 10.1. The second-order valence-corrected chi connectivity index (χ2v) is 4.04. The van der Waals surface area contributed by atoms with Crippen LogP contribution in [0, 0.1) is 6.92 Å². The molecule has 1 rings (SSSR count). The third-order valence-electron chi connectivity index (χ3n) is 2.46. The summed E-state index contributed by atoms with van der Waals surface area (Å²) in [7, 11) is 3.26. The number of nitrogens with one attached hydrogen (secondary N) is 1. The fourth-order valence-electron chi connectivity index (χ4n) is 1.45. The van der Waals surface area contributed by atoms with Crippen molar-refractivity contribution < 1.29 is 9.47 Å². The van der Waals surface area contributed by atoms with Crippen molar-refractivity contribution in [2.45, 2.75) is 19.8 Å². The van der Waals surface area contributed by atoms with E-state index >= 15 is 0 Å². The number of aryl methyl sites for hydroxylation is 1.